The van der Waals surface area contributed by atoms with Crippen molar-refractivity contribution >= 4 is 11.8 Å². The van der Waals surface area contributed by atoms with Gasteiger partial charge in [0.15, 0.2) is 0 Å². The van der Waals surface area contributed by atoms with Crippen molar-refractivity contribution in [2.24, 2.45) is 5.41 Å². The quantitative estimate of drug-likeness (QED) is 0.837. The van der Waals surface area contributed by atoms with E-state index in [1.807, 2.05) is 21.9 Å². The Morgan fingerprint density at radius 1 is 1.38 bits per heavy atom. The summed E-state index contributed by atoms with van der Waals surface area (Å²) in [7, 11) is 1.69. The Kier molecular flexibility index (Phi) is 5.23. The third kappa shape index (κ3) is 3.64. The normalized spacial score (nSPS) is 24.6. The van der Waals surface area contributed by atoms with Gasteiger partial charge in [-0.2, -0.15) is 0 Å². The number of nitrogens with zero attached hydrogens (tertiary/aromatic N) is 2. The summed E-state index contributed by atoms with van der Waals surface area (Å²) in [6.07, 6.45) is 6.23. The van der Waals surface area contributed by atoms with Gasteiger partial charge in [0, 0.05) is 57.9 Å². The Morgan fingerprint density at radius 3 is 3.00 bits per heavy atom. The van der Waals surface area contributed by atoms with Crippen LogP contribution in [0.1, 0.15) is 42.6 Å². The van der Waals surface area contributed by atoms with Crippen LogP contribution < -0.4 is 0 Å². The smallest absolute Gasteiger partial charge is 0.270 e. The average molecular weight is 333 g/mol. The zero-order chi connectivity index (χ0) is 17.0. The van der Waals surface area contributed by atoms with Gasteiger partial charge in [-0.3, -0.25) is 9.59 Å². The molecule has 2 aliphatic heterocycles. The SMILES string of the molecule is COCCCN1C[C@]2(CCCN(C(=O)c3ccc[nH]3)C2)CCC1=O. The standard InChI is InChI=1S/C18H27N3O3/c1-24-12-4-11-20-13-18(8-6-16(20)22)7-3-10-21(14-18)17(23)15-5-2-9-19-15/h2,5,9,19H,3-4,6-8,10-14H2,1H3/t18-/m0/s1. The lowest BCUT2D eigenvalue weighted by molar-refractivity contribution is -0.139. The van der Waals surface area contributed by atoms with Crippen molar-refractivity contribution in [3.8, 4) is 0 Å². The second-order valence-electron chi connectivity index (χ2n) is 7.08. The molecule has 24 heavy (non-hydrogen) atoms. The van der Waals surface area contributed by atoms with Gasteiger partial charge in [-0.1, -0.05) is 0 Å². The summed E-state index contributed by atoms with van der Waals surface area (Å²) in [5.41, 5.74) is 0.706. The van der Waals surface area contributed by atoms with Crippen molar-refractivity contribution in [1.29, 1.82) is 0 Å². The largest absolute Gasteiger partial charge is 0.385 e. The van der Waals surface area contributed by atoms with E-state index in [1.54, 1.807) is 13.3 Å². The van der Waals surface area contributed by atoms with E-state index in [4.69, 9.17) is 4.74 Å². The van der Waals surface area contributed by atoms with Gasteiger partial charge < -0.3 is 19.5 Å². The lowest BCUT2D eigenvalue weighted by Gasteiger charge is -2.48. The van der Waals surface area contributed by atoms with Crippen molar-refractivity contribution in [1.82, 2.24) is 14.8 Å². The van der Waals surface area contributed by atoms with Gasteiger partial charge in [-0.05, 0) is 37.8 Å². The van der Waals surface area contributed by atoms with Crippen LogP contribution >= 0.6 is 0 Å². The number of amides is 2. The number of methoxy groups -OCH3 is 1. The van der Waals surface area contributed by atoms with Crippen LogP contribution in [0.15, 0.2) is 18.3 Å². The molecule has 2 aliphatic rings. The lowest BCUT2D eigenvalue weighted by atomic mass is 9.73. The molecule has 2 amide bonds. The molecule has 1 atom stereocenters. The topological polar surface area (TPSA) is 65.6 Å². The summed E-state index contributed by atoms with van der Waals surface area (Å²) >= 11 is 0. The summed E-state index contributed by atoms with van der Waals surface area (Å²) in [6, 6.07) is 3.68. The van der Waals surface area contributed by atoms with Gasteiger partial charge in [-0.25, -0.2) is 0 Å². The minimum absolute atomic E-state index is 0.0570. The maximum atomic E-state index is 12.6. The second kappa shape index (κ2) is 7.38. The fraction of sp³-hybridized carbons (Fsp3) is 0.667. The summed E-state index contributed by atoms with van der Waals surface area (Å²) < 4.78 is 5.10. The van der Waals surface area contributed by atoms with Crippen LogP contribution in [-0.4, -0.2) is 66.5 Å². The number of aromatic nitrogens is 1. The van der Waals surface area contributed by atoms with E-state index < -0.39 is 0 Å². The van der Waals surface area contributed by atoms with E-state index >= 15 is 0 Å². The molecule has 0 bridgehead atoms. The third-order valence-corrected chi connectivity index (χ3v) is 5.30. The number of rotatable bonds is 5. The Hall–Kier alpha value is -1.82. The molecule has 0 aliphatic carbocycles. The zero-order valence-electron chi connectivity index (χ0n) is 14.4. The van der Waals surface area contributed by atoms with Gasteiger partial charge in [-0.15, -0.1) is 0 Å². The van der Waals surface area contributed by atoms with Crippen LogP contribution in [0.25, 0.3) is 0 Å². The molecule has 132 valence electrons. The van der Waals surface area contributed by atoms with E-state index in [0.29, 0.717) is 18.7 Å². The van der Waals surface area contributed by atoms with Crippen LogP contribution in [0.2, 0.25) is 0 Å². The maximum Gasteiger partial charge on any atom is 0.270 e. The van der Waals surface area contributed by atoms with E-state index in [9.17, 15) is 9.59 Å². The second-order valence-corrected chi connectivity index (χ2v) is 7.08. The molecule has 0 saturated carbocycles. The fourth-order valence-electron chi connectivity index (χ4n) is 4.05. The molecule has 0 radical (unpaired) electrons. The van der Waals surface area contributed by atoms with Crippen molar-refractivity contribution in [3.63, 3.8) is 0 Å². The Labute approximate surface area is 143 Å². The predicted octanol–water partition coefficient (Wildman–Crippen LogP) is 1.90. The molecule has 6 heteroatoms. The van der Waals surface area contributed by atoms with E-state index in [0.717, 1.165) is 51.9 Å². The van der Waals surface area contributed by atoms with Crippen LogP contribution in [-0.2, 0) is 9.53 Å². The van der Waals surface area contributed by atoms with Gasteiger partial charge in [0.2, 0.25) is 5.91 Å². The van der Waals surface area contributed by atoms with E-state index in [-0.39, 0.29) is 17.2 Å². The molecule has 1 aromatic heterocycles. The number of hydrogen-bond acceptors (Lipinski definition) is 3. The van der Waals surface area contributed by atoms with Gasteiger partial charge >= 0.3 is 0 Å². The van der Waals surface area contributed by atoms with E-state index in [1.165, 1.54) is 0 Å². The number of piperidine rings is 2. The first-order valence-electron chi connectivity index (χ1n) is 8.83. The number of ether oxygens (including phenoxy) is 1. The fourth-order valence-corrected chi connectivity index (χ4v) is 4.05. The molecule has 2 saturated heterocycles. The Morgan fingerprint density at radius 2 is 2.25 bits per heavy atom. The third-order valence-electron chi connectivity index (χ3n) is 5.30. The summed E-state index contributed by atoms with van der Waals surface area (Å²) in [5, 5.41) is 0. The lowest BCUT2D eigenvalue weighted by Crippen LogP contribution is -2.55. The van der Waals surface area contributed by atoms with Gasteiger partial charge in [0.1, 0.15) is 5.69 Å². The monoisotopic (exact) mass is 333 g/mol. The van der Waals surface area contributed by atoms with Gasteiger partial charge in [0.25, 0.3) is 5.91 Å². The average Bonchev–Trinajstić information content (AvgIpc) is 3.12. The molecule has 0 aromatic carbocycles. The molecular weight excluding hydrogens is 306 g/mol. The van der Waals surface area contributed by atoms with Gasteiger partial charge in [0.05, 0.1) is 0 Å². The highest BCUT2D eigenvalue weighted by Gasteiger charge is 2.42. The first kappa shape index (κ1) is 17.0. The van der Waals surface area contributed by atoms with E-state index in [2.05, 4.69) is 4.98 Å². The number of likely N-dealkylation sites (tertiary alicyclic amines) is 2. The molecule has 0 unspecified atom stereocenters. The number of H-pyrrole nitrogens is 1. The van der Waals surface area contributed by atoms with Crippen LogP contribution in [0.3, 0.4) is 0 Å². The molecular formula is C18H27N3O3. The van der Waals surface area contributed by atoms with Crippen LogP contribution in [0.5, 0.6) is 0 Å². The predicted molar refractivity (Wildman–Crippen MR) is 90.7 cm³/mol. The minimum atomic E-state index is 0.0570. The minimum Gasteiger partial charge on any atom is -0.385 e. The number of carbonyl (C=O) groups excluding carboxylic acids is 2. The maximum absolute atomic E-state index is 12.6. The van der Waals surface area contributed by atoms with Crippen LogP contribution in [0, 0.1) is 5.41 Å². The molecule has 1 N–H and O–H groups in total. The first-order valence-corrected chi connectivity index (χ1v) is 8.83. The summed E-state index contributed by atoms with van der Waals surface area (Å²) in [6.45, 7) is 3.74. The highest BCUT2D eigenvalue weighted by Crippen LogP contribution is 2.39. The van der Waals surface area contributed by atoms with Crippen LogP contribution in [0.4, 0.5) is 0 Å². The Bertz CT molecular complexity index is 572. The molecule has 1 aromatic rings. The molecule has 3 rings (SSSR count). The summed E-state index contributed by atoms with van der Waals surface area (Å²) in [5.74, 6) is 0.312. The highest BCUT2D eigenvalue weighted by atomic mass is 16.5. The zero-order valence-corrected chi connectivity index (χ0v) is 14.4. The van der Waals surface area contributed by atoms with Crippen molar-refractivity contribution in [2.75, 3.05) is 39.9 Å². The molecule has 1 spiro atoms. The number of nitrogens with one attached hydrogen (secondary N) is 1. The highest BCUT2D eigenvalue weighted by molar-refractivity contribution is 5.92. The van der Waals surface area contributed by atoms with Crippen molar-refractivity contribution in [2.45, 2.75) is 32.1 Å². The van der Waals surface area contributed by atoms with Crippen molar-refractivity contribution < 1.29 is 14.3 Å². The Balaban J connectivity index is 1.65. The van der Waals surface area contributed by atoms with Crippen molar-refractivity contribution in [3.05, 3.63) is 24.0 Å². The number of hydrogen-bond donors (Lipinski definition) is 1. The molecule has 3 heterocycles. The number of carbonyl (C=O) groups is 2. The number of aromatic amines is 1. The molecule has 2 fully saturated rings. The summed E-state index contributed by atoms with van der Waals surface area (Å²) in [4.78, 5) is 31.8. The first-order chi connectivity index (χ1) is 11.6. The molecule has 6 nitrogen and oxygen atoms in total.